The maximum absolute atomic E-state index is 14.2. The third-order valence-corrected chi connectivity index (χ3v) is 10.6. The van der Waals surface area contributed by atoms with Crippen LogP contribution in [0.5, 0.6) is 0 Å². The van der Waals surface area contributed by atoms with Crippen molar-refractivity contribution in [1.82, 2.24) is 47.4 Å². The molecule has 7 amide bonds. The molecule has 0 unspecified atom stereocenters. The summed E-state index contributed by atoms with van der Waals surface area (Å²) in [6, 6.07) is -6.00. The van der Waals surface area contributed by atoms with E-state index in [-0.39, 0.29) is 73.4 Å². The standard InChI is InChI=1S/C39H73N9O7/c1-20(2)23(7)42-35(52)28(45-37(54)31(22(5)6)46-33(50)25(9)40-14)16-17-30(49)44-27-18-29(36(53)43-24(8)21(3)4)48(19-27)38(55)32(39(11,12)13)47-34(51)26(10)41-15/h20-29,31-32,40-41H,16-19H2,1-15H3,(H,42,52)(H,43,53)(H,44,49)(H,45,54)(H,46,50)(H,47,51)/t23-,24+,25+,26-,27-,28+,29-,31+,32+/m0/s1. The second-order valence-corrected chi connectivity index (χ2v) is 17.2. The minimum absolute atomic E-state index is 0.0239. The Balaban J connectivity index is 3.31. The molecule has 9 atom stereocenters. The van der Waals surface area contributed by atoms with Crippen molar-refractivity contribution < 1.29 is 33.6 Å². The SMILES string of the molecule is CN[C@@H](C)C(=O)N[C@H](C(=O)N1C[C@@H](NC(=O)CC[C@@H](NC(=O)[C@H](NC(=O)[C@@H](C)NC)C(C)C)C(=O)N[C@@H](C)C(C)C)C[C@H]1C(=O)N[C@H](C)C(C)C)C(C)(C)C. The van der Waals surface area contributed by atoms with Crippen molar-refractivity contribution in [2.45, 2.75) is 164 Å². The van der Waals surface area contributed by atoms with Gasteiger partial charge in [-0.25, -0.2) is 0 Å². The second-order valence-electron chi connectivity index (χ2n) is 17.2. The molecule has 1 rings (SSSR count). The molecule has 0 aliphatic carbocycles. The Morgan fingerprint density at radius 2 is 1.15 bits per heavy atom. The summed E-state index contributed by atoms with van der Waals surface area (Å²) in [7, 11) is 3.28. The average molecular weight is 780 g/mol. The molecule has 0 aromatic carbocycles. The normalized spacial score (nSPS) is 19.8. The fraction of sp³-hybridized carbons (Fsp3) is 0.821. The molecule has 0 bridgehead atoms. The highest BCUT2D eigenvalue weighted by atomic mass is 16.2. The van der Waals surface area contributed by atoms with E-state index in [1.165, 1.54) is 4.90 Å². The van der Waals surface area contributed by atoms with Crippen molar-refractivity contribution in [1.29, 1.82) is 0 Å². The van der Waals surface area contributed by atoms with Crippen molar-refractivity contribution in [3.63, 3.8) is 0 Å². The van der Waals surface area contributed by atoms with Gasteiger partial charge in [0.15, 0.2) is 0 Å². The molecule has 1 heterocycles. The van der Waals surface area contributed by atoms with Gasteiger partial charge in [-0.3, -0.25) is 33.6 Å². The van der Waals surface area contributed by atoms with Crippen LogP contribution in [0.4, 0.5) is 0 Å². The van der Waals surface area contributed by atoms with Crippen molar-refractivity contribution in [3.05, 3.63) is 0 Å². The van der Waals surface area contributed by atoms with Crippen LogP contribution in [0.2, 0.25) is 0 Å². The highest BCUT2D eigenvalue weighted by Crippen LogP contribution is 2.27. The van der Waals surface area contributed by atoms with Crippen LogP contribution < -0.4 is 42.5 Å². The van der Waals surface area contributed by atoms with E-state index in [4.69, 9.17) is 0 Å². The first kappa shape index (κ1) is 49.2. The number of amides is 7. The first-order valence-corrected chi connectivity index (χ1v) is 19.8. The van der Waals surface area contributed by atoms with Crippen molar-refractivity contribution in [3.8, 4) is 0 Å². The summed E-state index contributed by atoms with van der Waals surface area (Å²) < 4.78 is 0. The molecule has 16 heteroatoms. The molecule has 1 aliphatic heterocycles. The van der Waals surface area contributed by atoms with Crippen LogP contribution in [0.15, 0.2) is 0 Å². The Kier molecular flexibility index (Phi) is 19.8. The van der Waals surface area contributed by atoms with Crippen LogP contribution in [-0.4, -0.2) is 121 Å². The van der Waals surface area contributed by atoms with E-state index in [1.807, 2.05) is 62.3 Å². The van der Waals surface area contributed by atoms with Crippen LogP contribution in [-0.2, 0) is 33.6 Å². The fourth-order valence-electron chi connectivity index (χ4n) is 5.67. The van der Waals surface area contributed by atoms with Crippen molar-refractivity contribution >= 4 is 41.4 Å². The second kappa shape index (κ2) is 22.1. The number of carbonyl (C=O) groups is 7. The predicted molar refractivity (Wildman–Crippen MR) is 213 cm³/mol. The van der Waals surface area contributed by atoms with Crippen LogP contribution in [0.25, 0.3) is 0 Å². The third kappa shape index (κ3) is 15.3. The van der Waals surface area contributed by atoms with Gasteiger partial charge in [-0.15, -0.1) is 0 Å². The molecule has 0 saturated carbocycles. The quantitative estimate of drug-likeness (QED) is 0.0864. The molecule has 55 heavy (non-hydrogen) atoms. The zero-order valence-electron chi connectivity index (χ0n) is 36.1. The largest absolute Gasteiger partial charge is 0.352 e. The number of nitrogens with zero attached hydrogens (tertiary/aromatic N) is 1. The van der Waals surface area contributed by atoms with Crippen LogP contribution >= 0.6 is 0 Å². The molecule has 1 fully saturated rings. The topological polar surface area (TPSA) is 219 Å². The summed E-state index contributed by atoms with van der Waals surface area (Å²) in [5.74, 6) is -3.04. The van der Waals surface area contributed by atoms with Gasteiger partial charge in [0.2, 0.25) is 41.4 Å². The molecule has 8 N–H and O–H groups in total. The highest BCUT2D eigenvalue weighted by molar-refractivity contribution is 5.95. The number of rotatable bonds is 20. The first-order valence-electron chi connectivity index (χ1n) is 19.8. The minimum Gasteiger partial charge on any atom is -0.352 e. The average Bonchev–Trinajstić information content (AvgIpc) is 3.52. The molecule has 0 spiro atoms. The lowest BCUT2D eigenvalue weighted by Gasteiger charge is -2.36. The Hall–Kier alpha value is -3.79. The van der Waals surface area contributed by atoms with Crippen LogP contribution in [0.3, 0.4) is 0 Å². The molecule has 1 saturated heterocycles. The Bertz CT molecular complexity index is 1330. The van der Waals surface area contributed by atoms with E-state index in [0.717, 1.165) is 0 Å². The van der Waals surface area contributed by atoms with Gasteiger partial charge in [0.25, 0.3) is 0 Å². The van der Waals surface area contributed by atoms with Gasteiger partial charge in [0.1, 0.15) is 24.2 Å². The van der Waals surface area contributed by atoms with E-state index < -0.39 is 71.3 Å². The predicted octanol–water partition coefficient (Wildman–Crippen LogP) is 0.546. The first-order chi connectivity index (χ1) is 25.3. The van der Waals surface area contributed by atoms with E-state index in [0.29, 0.717) is 0 Å². The van der Waals surface area contributed by atoms with E-state index >= 15 is 0 Å². The van der Waals surface area contributed by atoms with Gasteiger partial charge < -0.3 is 47.4 Å². The molecule has 0 aromatic heterocycles. The van der Waals surface area contributed by atoms with E-state index in [2.05, 4.69) is 42.5 Å². The van der Waals surface area contributed by atoms with Gasteiger partial charge in [0.05, 0.1) is 12.1 Å². The Morgan fingerprint density at radius 3 is 1.62 bits per heavy atom. The smallest absolute Gasteiger partial charge is 0.246 e. The Labute approximate surface area is 329 Å². The van der Waals surface area contributed by atoms with Crippen molar-refractivity contribution in [2.24, 2.45) is 23.2 Å². The van der Waals surface area contributed by atoms with Crippen molar-refractivity contribution in [2.75, 3.05) is 20.6 Å². The van der Waals surface area contributed by atoms with Gasteiger partial charge in [-0.1, -0.05) is 62.3 Å². The highest BCUT2D eigenvalue weighted by Gasteiger charge is 2.46. The fourth-order valence-corrected chi connectivity index (χ4v) is 5.67. The van der Waals surface area contributed by atoms with Gasteiger partial charge in [-0.2, -0.15) is 0 Å². The molecular formula is C39H73N9O7. The molecule has 16 nitrogen and oxygen atoms in total. The van der Waals surface area contributed by atoms with Gasteiger partial charge in [-0.05, 0) is 77.8 Å². The molecule has 0 aromatic rings. The summed E-state index contributed by atoms with van der Waals surface area (Å²) in [6.45, 7) is 24.0. The zero-order chi connectivity index (χ0) is 42.5. The summed E-state index contributed by atoms with van der Waals surface area (Å²) in [4.78, 5) is 95.5. The molecular weight excluding hydrogens is 706 g/mol. The number of nitrogens with one attached hydrogen (secondary N) is 8. The number of carbonyl (C=O) groups excluding carboxylic acids is 7. The number of likely N-dealkylation sites (tertiary alicyclic amines) is 1. The van der Waals surface area contributed by atoms with Crippen LogP contribution in [0, 0.1) is 23.2 Å². The summed E-state index contributed by atoms with van der Waals surface area (Å²) in [5, 5.41) is 23.0. The zero-order valence-corrected chi connectivity index (χ0v) is 36.1. The summed E-state index contributed by atoms with van der Waals surface area (Å²) in [5.41, 5.74) is -0.705. The molecule has 316 valence electrons. The Morgan fingerprint density at radius 1 is 0.636 bits per heavy atom. The maximum atomic E-state index is 14.2. The number of hydrogen-bond donors (Lipinski definition) is 8. The third-order valence-electron chi connectivity index (χ3n) is 10.6. The van der Waals surface area contributed by atoms with E-state index in [9.17, 15) is 33.6 Å². The molecule has 0 radical (unpaired) electrons. The van der Waals surface area contributed by atoms with Crippen LogP contribution in [0.1, 0.15) is 109 Å². The number of likely N-dealkylation sites (N-methyl/N-ethyl adjacent to an activating group) is 2. The monoisotopic (exact) mass is 780 g/mol. The summed E-state index contributed by atoms with van der Waals surface area (Å²) >= 11 is 0. The number of hydrogen-bond acceptors (Lipinski definition) is 9. The van der Waals surface area contributed by atoms with E-state index in [1.54, 1.807) is 41.8 Å². The summed E-state index contributed by atoms with van der Waals surface area (Å²) in [6.07, 6.45) is -0.0652. The minimum atomic E-state index is -1.09. The maximum Gasteiger partial charge on any atom is 0.246 e. The van der Waals surface area contributed by atoms with Gasteiger partial charge >= 0.3 is 0 Å². The molecule has 1 aliphatic rings. The lowest BCUT2D eigenvalue weighted by atomic mass is 9.85. The lowest BCUT2D eigenvalue weighted by molar-refractivity contribution is -0.144. The van der Waals surface area contributed by atoms with Gasteiger partial charge in [0, 0.05) is 31.1 Å². The lowest BCUT2D eigenvalue weighted by Crippen LogP contribution is -2.60.